The molecule has 25 heavy (non-hydrogen) atoms. The van der Waals surface area contributed by atoms with Crippen LogP contribution < -0.4 is 10.9 Å². The van der Waals surface area contributed by atoms with Crippen LogP contribution in [0.5, 0.6) is 0 Å². The zero-order valence-corrected chi connectivity index (χ0v) is 15.1. The van der Waals surface area contributed by atoms with E-state index in [9.17, 15) is 9.59 Å². The molecule has 0 spiro atoms. The third-order valence-electron chi connectivity index (χ3n) is 4.84. The number of carbonyl (C=O) groups is 1. The smallest absolute Gasteiger partial charge is 0.272 e. The Hall–Kier alpha value is -2.21. The molecule has 6 heteroatoms. The van der Waals surface area contributed by atoms with E-state index in [1.165, 1.54) is 0 Å². The van der Waals surface area contributed by atoms with E-state index in [0.717, 1.165) is 41.6 Å². The zero-order valence-electron chi connectivity index (χ0n) is 15.1. The maximum absolute atomic E-state index is 12.5. The van der Waals surface area contributed by atoms with Crippen LogP contribution in [-0.4, -0.2) is 34.7 Å². The van der Waals surface area contributed by atoms with Gasteiger partial charge in [0.05, 0.1) is 17.1 Å². The molecule has 1 aromatic carbocycles. The van der Waals surface area contributed by atoms with Crippen LogP contribution in [0.15, 0.2) is 16.9 Å². The van der Waals surface area contributed by atoms with Gasteiger partial charge in [0.2, 0.25) is 5.91 Å². The first-order valence-corrected chi connectivity index (χ1v) is 8.82. The average molecular weight is 343 g/mol. The number of hydrogen-bond donors (Lipinski definition) is 1. The van der Waals surface area contributed by atoms with Crippen molar-refractivity contribution in [3.63, 3.8) is 0 Å². The molecule has 1 fully saturated rings. The number of aromatic nitrogens is 2. The molecule has 1 aromatic heterocycles. The molecule has 1 N–H and O–H groups in total. The Kier molecular flexibility index (Phi) is 5.18. The summed E-state index contributed by atoms with van der Waals surface area (Å²) in [5, 5.41) is 2.90. The van der Waals surface area contributed by atoms with Gasteiger partial charge in [-0.2, -0.15) is 0 Å². The van der Waals surface area contributed by atoms with Crippen LogP contribution in [0.3, 0.4) is 0 Å². The topological polar surface area (TPSA) is 73.2 Å². The lowest BCUT2D eigenvalue weighted by Gasteiger charge is -2.14. The maximum Gasteiger partial charge on any atom is 0.272 e. The van der Waals surface area contributed by atoms with Crippen molar-refractivity contribution < 1.29 is 9.53 Å². The van der Waals surface area contributed by atoms with Crippen LogP contribution in [0.4, 0.5) is 0 Å². The van der Waals surface area contributed by atoms with Gasteiger partial charge in [0.25, 0.3) is 5.56 Å². The highest BCUT2D eigenvalue weighted by atomic mass is 16.5. The molecule has 0 aliphatic carbocycles. The molecule has 0 radical (unpaired) electrons. The van der Waals surface area contributed by atoms with Crippen LogP contribution in [-0.2, 0) is 16.1 Å². The monoisotopic (exact) mass is 343 g/mol. The highest BCUT2D eigenvalue weighted by Crippen LogP contribution is 2.17. The molecule has 0 saturated carbocycles. The van der Waals surface area contributed by atoms with E-state index in [-0.39, 0.29) is 24.0 Å². The summed E-state index contributed by atoms with van der Waals surface area (Å²) in [6, 6.07) is 3.97. The van der Waals surface area contributed by atoms with Crippen LogP contribution in [0, 0.1) is 20.8 Å². The Morgan fingerprint density at radius 1 is 1.32 bits per heavy atom. The van der Waals surface area contributed by atoms with Crippen LogP contribution in [0.1, 0.15) is 36.1 Å². The number of aryl methyl sites for hydroxylation is 4. The summed E-state index contributed by atoms with van der Waals surface area (Å²) in [5.74, 6) is -0.0613. The fraction of sp³-hybridized carbons (Fsp3) is 0.526. The van der Waals surface area contributed by atoms with Gasteiger partial charge in [0.1, 0.15) is 5.69 Å². The molecule has 1 aliphatic heterocycles. The number of nitrogens with zero attached hydrogens (tertiary/aromatic N) is 2. The number of rotatable bonds is 5. The molecule has 2 aromatic rings. The quantitative estimate of drug-likeness (QED) is 0.901. The lowest BCUT2D eigenvalue weighted by atomic mass is 10.1. The Bertz CT molecular complexity index is 851. The summed E-state index contributed by atoms with van der Waals surface area (Å²) in [5.41, 5.74) is 4.14. The predicted molar refractivity (Wildman–Crippen MR) is 96.8 cm³/mol. The Labute approximate surface area is 147 Å². The SMILES string of the molecule is Cc1cc2nc(C)c(=O)n(CCC(=O)NCC3CCCO3)c2cc1C. The summed E-state index contributed by atoms with van der Waals surface area (Å²) < 4.78 is 7.17. The third-order valence-corrected chi connectivity index (χ3v) is 4.84. The number of nitrogens with one attached hydrogen (secondary N) is 1. The lowest BCUT2D eigenvalue weighted by Crippen LogP contribution is -2.33. The largest absolute Gasteiger partial charge is 0.376 e. The number of carbonyl (C=O) groups excluding carboxylic acids is 1. The van der Waals surface area contributed by atoms with Gasteiger partial charge in [-0.25, -0.2) is 4.98 Å². The average Bonchev–Trinajstić information content (AvgIpc) is 3.09. The fourth-order valence-electron chi connectivity index (χ4n) is 3.18. The van der Waals surface area contributed by atoms with E-state index in [1.54, 1.807) is 11.5 Å². The molecule has 2 heterocycles. The number of hydrogen-bond acceptors (Lipinski definition) is 4. The van der Waals surface area contributed by atoms with Gasteiger partial charge in [-0.3, -0.25) is 9.59 Å². The minimum absolute atomic E-state index is 0.0613. The van der Waals surface area contributed by atoms with Gasteiger partial charge in [-0.1, -0.05) is 0 Å². The second-order valence-electron chi connectivity index (χ2n) is 6.77. The molecule has 134 valence electrons. The van der Waals surface area contributed by atoms with Crippen molar-refractivity contribution in [1.82, 2.24) is 14.9 Å². The van der Waals surface area contributed by atoms with Gasteiger partial charge >= 0.3 is 0 Å². The molecule has 1 saturated heterocycles. The normalized spacial score (nSPS) is 17.2. The molecule has 1 aliphatic rings. The van der Waals surface area contributed by atoms with Crippen LogP contribution >= 0.6 is 0 Å². The second-order valence-corrected chi connectivity index (χ2v) is 6.77. The Balaban J connectivity index is 1.75. The fourth-order valence-corrected chi connectivity index (χ4v) is 3.18. The first-order chi connectivity index (χ1) is 12.0. The van der Waals surface area contributed by atoms with Gasteiger partial charge in [0.15, 0.2) is 0 Å². The third kappa shape index (κ3) is 3.90. The zero-order chi connectivity index (χ0) is 18.0. The maximum atomic E-state index is 12.5. The number of ether oxygens (including phenoxy) is 1. The summed E-state index contributed by atoms with van der Waals surface area (Å²) in [6.07, 6.45) is 2.43. The predicted octanol–water partition coefficient (Wildman–Crippen LogP) is 2.01. The van der Waals surface area contributed by atoms with Gasteiger partial charge in [-0.15, -0.1) is 0 Å². The molecule has 6 nitrogen and oxygen atoms in total. The lowest BCUT2D eigenvalue weighted by molar-refractivity contribution is -0.121. The standard InChI is InChI=1S/C19H25N3O3/c1-12-9-16-17(10-13(12)2)22(19(24)14(3)21-16)7-6-18(23)20-11-15-5-4-8-25-15/h9-10,15H,4-8,11H2,1-3H3,(H,20,23). The van der Waals surface area contributed by atoms with E-state index in [4.69, 9.17) is 4.74 Å². The van der Waals surface area contributed by atoms with Gasteiger partial charge in [0, 0.05) is 26.1 Å². The number of benzene rings is 1. The van der Waals surface area contributed by atoms with Crippen molar-refractivity contribution in [3.05, 3.63) is 39.3 Å². The van der Waals surface area contributed by atoms with Crippen molar-refractivity contribution in [2.75, 3.05) is 13.2 Å². The first kappa shape index (κ1) is 17.6. The van der Waals surface area contributed by atoms with E-state index < -0.39 is 0 Å². The van der Waals surface area contributed by atoms with E-state index in [1.807, 2.05) is 26.0 Å². The Morgan fingerprint density at radius 3 is 2.80 bits per heavy atom. The van der Waals surface area contributed by atoms with E-state index in [0.29, 0.717) is 18.8 Å². The van der Waals surface area contributed by atoms with Crippen LogP contribution in [0.2, 0.25) is 0 Å². The number of fused-ring (bicyclic) bond motifs is 1. The second kappa shape index (κ2) is 7.35. The van der Waals surface area contributed by atoms with E-state index in [2.05, 4.69) is 10.3 Å². The summed E-state index contributed by atoms with van der Waals surface area (Å²) in [4.78, 5) is 29.0. The first-order valence-electron chi connectivity index (χ1n) is 8.82. The van der Waals surface area contributed by atoms with Crippen molar-refractivity contribution in [1.29, 1.82) is 0 Å². The van der Waals surface area contributed by atoms with E-state index >= 15 is 0 Å². The van der Waals surface area contributed by atoms with Crippen molar-refractivity contribution >= 4 is 16.9 Å². The van der Waals surface area contributed by atoms with Crippen LogP contribution in [0.25, 0.3) is 11.0 Å². The summed E-state index contributed by atoms with van der Waals surface area (Å²) in [7, 11) is 0. The van der Waals surface area contributed by atoms with Crippen molar-refractivity contribution in [2.24, 2.45) is 0 Å². The minimum atomic E-state index is -0.136. The molecule has 0 bridgehead atoms. The Morgan fingerprint density at radius 2 is 2.08 bits per heavy atom. The van der Waals surface area contributed by atoms with Gasteiger partial charge in [-0.05, 0) is 56.9 Å². The summed E-state index contributed by atoms with van der Waals surface area (Å²) >= 11 is 0. The van der Waals surface area contributed by atoms with Gasteiger partial charge < -0.3 is 14.6 Å². The molecule has 3 rings (SSSR count). The number of amides is 1. The molecular weight excluding hydrogens is 318 g/mol. The highest BCUT2D eigenvalue weighted by Gasteiger charge is 2.16. The molecule has 1 unspecified atom stereocenters. The van der Waals surface area contributed by atoms with Crippen molar-refractivity contribution in [2.45, 2.75) is 52.7 Å². The minimum Gasteiger partial charge on any atom is -0.376 e. The molecular formula is C19H25N3O3. The van der Waals surface area contributed by atoms with Crippen molar-refractivity contribution in [3.8, 4) is 0 Å². The highest BCUT2D eigenvalue weighted by molar-refractivity contribution is 5.78. The molecule has 1 amide bonds. The summed E-state index contributed by atoms with van der Waals surface area (Å²) in [6.45, 7) is 7.42. The molecule has 1 atom stereocenters.